The van der Waals surface area contributed by atoms with Crippen molar-refractivity contribution < 1.29 is 0 Å². The zero-order valence-corrected chi connectivity index (χ0v) is 11.4. The quantitative estimate of drug-likeness (QED) is 0.736. The van der Waals surface area contributed by atoms with Crippen LogP contribution in [0.15, 0.2) is 0 Å². The van der Waals surface area contributed by atoms with Crippen LogP contribution in [0.1, 0.15) is 49.6 Å². The summed E-state index contributed by atoms with van der Waals surface area (Å²) in [7, 11) is 0. The predicted molar refractivity (Wildman–Crippen MR) is 71.3 cm³/mol. The molecule has 0 amide bonds. The standard InChI is InChI=1S/C14H25N3/c1-4-14-11(2)16-17(12(14)3)10-6-5-9-15-13-7-8-13/h13,15H,4-10H2,1-3H3. The van der Waals surface area contributed by atoms with Crippen LogP contribution in [0, 0.1) is 13.8 Å². The molecule has 0 atom stereocenters. The van der Waals surface area contributed by atoms with Crippen molar-refractivity contribution in [1.29, 1.82) is 0 Å². The SMILES string of the molecule is CCc1c(C)nn(CCCCNC2CC2)c1C. The fraction of sp³-hybridized carbons (Fsp3) is 0.786. The Kier molecular flexibility index (Phi) is 4.21. The normalized spacial score (nSPS) is 15.5. The molecule has 1 aromatic rings. The number of nitrogens with one attached hydrogen (secondary N) is 1. The van der Waals surface area contributed by atoms with Gasteiger partial charge in [-0.15, -0.1) is 0 Å². The van der Waals surface area contributed by atoms with E-state index in [2.05, 4.69) is 35.9 Å². The average Bonchev–Trinajstić information content (AvgIpc) is 3.07. The highest BCUT2D eigenvalue weighted by Gasteiger charge is 2.19. The highest BCUT2D eigenvalue weighted by Crippen LogP contribution is 2.18. The Labute approximate surface area is 105 Å². The van der Waals surface area contributed by atoms with Crippen LogP contribution in [-0.4, -0.2) is 22.4 Å². The van der Waals surface area contributed by atoms with Crippen molar-refractivity contribution in [2.24, 2.45) is 0 Å². The molecule has 0 aromatic carbocycles. The fourth-order valence-corrected chi connectivity index (χ4v) is 2.44. The Bertz CT molecular complexity index is 364. The molecule has 0 aliphatic heterocycles. The van der Waals surface area contributed by atoms with Crippen LogP contribution in [0.4, 0.5) is 0 Å². The van der Waals surface area contributed by atoms with Crippen molar-refractivity contribution in [1.82, 2.24) is 15.1 Å². The molecule has 0 spiro atoms. The highest BCUT2D eigenvalue weighted by molar-refractivity contribution is 5.24. The summed E-state index contributed by atoms with van der Waals surface area (Å²) in [5.41, 5.74) is 4.00. The minimum Gasteiger partial charge on any atom is -0.314 e. The van der Waals surface area contributed by atoms with Crippen LogP contribution in [0.2, 0.25) is 0 Å². The van der Waals surface area contributed by atoms with Gasteiger partial charge in [-0.3, -0.25) is 4.68 Å². The molecule has 17 heavy (non-hydrogen) atoms. The zero-order valence-electron chi connectivity index (χ0n) is 11.4. The lowest BCUT2D eigenvalue weighted by molar-refractivity contribution is 0.524. The van der Waals surface area contributed by atoms with Gasteiger partial charge in [0.1, 0.15) is 0 Å². The summed E-state index contributed by atoms with van der Waals surface area (Å²) < 4.78 is 2.19. The fourth-order valence-electron chi connectivity index (χ4n) is 2.44. The number of unbranched alkanes of at least 4 members (excludes halogenated alkanes) is 1. The van der Waals surface area contributed by atoms with Gasteiger partial charge in [0.15, 0.2) is 0 Å². The van der Waals surface area contributed by atoms with E-state index in [1.54, 1.807) is 0 Å². The molecule has 2 rings (SSSR count). The van der Waals surface area contributed by atoms with Gasteiger partial charge in [0.05, 0.1) is 5.69 Å². The summed E-state index contributed by atoms with van der Waals surface area (Å²) in [6.45, 7) is 8.77. The van der Waals surface area contributed by atoms with Crippen molar-refractivity contribution in [3.05, 3.63) is 17.0 Å². The van der Waals surface area contributed by atoms with Gasteiger partial charge in [0.25, 0.3) is 0 Å². The zero-order chi connectivity index (χ0) is 12.3. The molecule has 1 aliphatic carbocycles. The van der Waals surface area contributed by atoms with Gasteiger partial charge in [-0.2, -0.15) is 5.10 Å². The van der Waals surface area contributed by atoms with E-state index in [4.69, 9.17) is 0 Å². The summed E-state index contributed by atoms with van der Waals surface area (Å²) >= 11 is 0. The molecular formula is C14H25N3. The summed E-state index contributed by atoms with van der Waals surface area (Å²) in [5, 5.41) is 8.18. The summed E-state index contributed by atoms with van der Waals surface area (Å²) in [6.07, 6.45) is 6.36. The summed E-state index contributed by atoms with van der Waals surface area (Å²) in [4.78, 5) is 0. The van der Waals surface area contributed by atoms with Crippen molar-refractivity contribution in [3.63, 3.8) is 0 Å². The van der Waals surface area contributed by atoms with Crippen molar-refractivity contribution in [3.8, 4) is 0 Å². The lowest BCUT2D eigenvalue weighted by Gasteiger charge is -2.05. The molecule has 1 heterocycles. The second kappa shape index (κ2) is 5.67. The molecule has 0 radical (unpaired) electrons. The van der Waals surface area contributed by atoms with E-state index in [-0.39, 0.29) is 0 Å². The molecule has 3 nitrogen and oxygen atoms in total. The van der Waals surface area contributed by atoms with Gasteiger partial charge in [0.2, 0.25) is 0 Å². The molecule has 1 saturated carbocycles. The molecule has 0 unspecified atom stereocenters. The number of hydrogen-bond acceptors (Lipinski definition) is 2. The van der Waals surface area contributed by atoms with Crippen LogP contribution >= 0.6 is 0 Å². The Morgan fingerprint density at radius 2 is 2.06 bits per heavy atom. The first-order valence-corrected chi connectivity index (χ1v) is 6.98. The summed E-state index contributed by atoms with van der Waals surface area (Å²) in [5.74, 6) is 0. The monoisotopic (exact) mass is 235 g/mol. The molecule has 0 saturated heterocycles. The second-order valence-corrected chi connectivity index (χ2v) is 5.16. The number of aryl methyl sites for hydroxylation is 2. The maximum Gasteiger partial charge on any atom is 0.0628 e. The maximum absolute atomic E-state index is 4.62. The third-order valence-electron chi connectivity index (χ3n) is 3.69. The lowest BCUT2D eigenvalue weighted by Crippen LogP contribution is -2.18. The van der Waals surface area contributed by atoms with Crippen LogP contribution in [0.3, 0.4) is 0 Å². The third kappa shape index (κ3) is 3.32. The number of nitrogens with zero attached hydrogens (tertiary/aromatic N) is 2. The van der Waals surface area contributed by atoms with E-state index in [0.717, 1.165) is 19.0 Å². The Balaban J connectivity index is 1.73. The number of rotatable bonds is 7. The predicted octanol–water partition coefficient (Wildman–Crippen LogP) is 2.59. The Hall–Kier alpha value is -0.830. The minimum absolute atomic E-state index is 0.843. The molecule has 3 heteroatoms. The maximum atomic E-state index is 4.62. The largest absolute Gasteiger partial charge is 0.314 e. The van der Waals surface area contributed by atoms with Gasteiger partial charge in [-0.05, 0) is 58.1 Å². The molecule has 1 aromatic heterocycles. The van der Waals surface area contributed by atoms with Crippen LogP contribution in [0.25, 0.3) is 0 Å². The van der Waals surface area contributed by atoms with Gasteiger partial charge in [0, 0.05) is 18.3 Å². The Morgan fingerprint density at radius 3 is 2.65 bits per heavy atom. The molecule has 1 N–H and O–H groups in total. The molecule has 1 aliphatic rings. The van der Waals surface area contributed by atoms with E-state index in [0.29, 0.717) is 0 Å². The number of aromatic nitrogens is 2. The minimum atomic E-state index is 0.843. The van der Waals surface area contributed by atoms with Gasteiger partial charge in [-0.25, -0.2) is 0 Å². The van der Waals surface area contributed by atoms with E-state index in [9.17, 15) is 0 Å². The van der Waals surface area contributed by atoms with Crippen LogP contribution < -0.4 is 5.32 Å². The van der Waals surface area contributed by atoms with E-state index in [1.807, 2.05) is 0 Å². The molecule has 96 valence electrons. The molecular weight excluding hydrogens is 210 g/mol. The van der Waals surface area contributed by atoms with Crippen LogP contribution in [-0.2, 0) is 13.0 Å². The first-order chi connectivity index (χ1) is 8.22. The second-order valence-electron chi connectivity index (χ2n) is 5.16. The van der Waals surface area contributed by atoms with E-state index < -0.39 is 0 Å². The number of hydrogen-bond donors (Lipinski definition) is 1. The molecule has 0 bridgehead atoms. The highest BCUT2D eigenvalue weighted by atomic mass is 15.3. The Morgan fingerprint density at radius 1 is 1.29 bits per heavy atom. The first kappa shape index (κ1) is 12.6. The van der Waals surface area contributed by atoms with Crippen molar-refractivity contribution in [2.75, 3.05) is 6.54 Å². The lowest BCUT2D eigenvalue weighted by atomic mass is 10.1. The van der Waals surface area contributed by atoms with Gasteiger partial charge in [-0.1, -0.05) is 6.92 Å². The van der Waals surface area contributed by atoms with Gasteiger partial charge < -0.3 is 5.32 Å². The van der Waals surface area contributed by atoms with Gasteiger partial charge >= 0.3 is 0 Å². The smallest absolute Gasteiger partial charge is 0.0628 e. The van der Waals surface area contributed by atoms with Crippen molar-refractivity contribution in [2.45, 2.75) is 65.5 Å². The molecule has 1 fully saturated rings. The average molecular weight is 235 g/mol. The summed E-state index contributed by atoms with van der Waals surface area (Å²) in [6, 6.07) is 0.843. The first-order valence-electron chi connectivity index (χ1n) is 6.98. The van der Waals surface area contributed by atoms with E-state index >= 15 is 0 Å². The van der Waals surface area contributed by atoms with Crippen LogP contribution in [0.5, 0.6) is 0 Å². The topological polar surface area (TPSA) is 29.9 Å². The van der Waals surface area contributed by atoms with E-state index in [1.165, 1.54) is 49.2 Å². The van der Waals surface area contributed by atoms with Crippen molar-refractivity contribution >= 4 is 0 Å². The third-order valence-corrected chi connectivity index (χ3v) is 3.69.